The molecule has 0 heterocycles. The van der Waals surface area contributed by atoms with Gasteiger partial charge in [-0.15, -0.1) is 0 Å². The second kappa shape index (κ2) is 5.36. The van der Waals surface area contributed by atoms with Gasteiger partial charge in [-0.1, -0.05) is 41.4 Å². The zero-order chi connectivity index (χ0) is 13.3. The SMILES string of the molecule is O=S(O)c1cccc(-c2ccc(Cl)cc2Cl)c1F. The Hall–Kier alpha value is -0.940. The van der Waals surface area contributed by atoms with Crippen LogP contribution in [-0.4, -0.2) is 8.76 Å². The van der Waals surface area contributed by atoms with Gasteiger partial charge in [0.1, 0.15) is 10.7 Å². The van der Waals surface area contributed by atoms with Gasteiger partial charge in [0.25, 0.3) is 0 Å². The van der Waals surface area contributed by atoms with Crippen LogP contribution < -0.4 is 0 Å². The third kappa shape index (κ3) is 2.57. The maximum atomic E-state index is 14.0. The molecule has 0 aliphatic carbocycles. The molecule has 94 valence electrons. The molecule has 0 saturated heterocycles. The van der Waals surface area contributed by atoms with Crippen molar-refractivity contribution in [3.63, 3.8) is 0 Å². The normalized spacial score (nSPS) is 12.4. The minimum Gasteiger partial charge on any atom is -0.302 e. The highest BCUT2D eigenvalue weighted by atomic mass is 35.5. The Morgan fingerprint density at radius 1 is 1.11 bits per heavy atom. The first-order chi connectivity index (χ1) is 8.50. The average Bonchev–Trinajstić information content (AvgIpc) is 2.30. The molecule has 1 atom stereocenters. The van der Waals surface area contributed by atoms with Crippen molar-refractivity contribution < 1.29 is 13.2 Å². The van der Waals surface area contributed by atoms with E-state index in [-0.39, 0.29) is 15.5 Å². The predicted octanol–water partition coefficient (Wildman–Crippen LogP) is 4.38. The largest absolute Gasteiger partial charge is 0.302 e. The molecule has 0 saturated carbocycles. The van der Waals surface area contributed by atoms with Gasteiger partial charge in [0.2, 0.25) is 0 Å². The van der Waals surface area contributed by atoms with Gasteiger partial charge in [0, 0.05) is 21.2 Å². The summed E-state index contributed by atoms with van der Waals surface area (Å²) < 4.78 is 34.0. The van der Waals surface area contributed by atoms with Crippen molar-refractivity contribution in [2.45, 2.75) is 4.90 Å². The molecule has 0 amide bonds. The van der Waals surface area contributed by atoms with Crippen LogP contribution in [0.2, 0.25) is 10.0 Å². The summed E-state index contributed by atoms with van der Waals surface area (Å²) in [7, 11) is 0. The summed E-state index contributed by atoms with van der Waals surface area (Å²) in [6, 6.07) is 8.85. The molecule has 2 nitrogen and oxygen atoms in total. The Morgan fingerprint density at radius 3 is 2.44 bits per heavy atom. The quantitative estimate of drug-likeness (QED) is 0.836. The molecule has 1 N–H and O–H groups in total. The maximum Gasteiger partial charge on any atom is 0.189 e. The van der Waals surface area contributed by atoms with Crippen LogP contribution in [0.1, 0.15) is 0 Å². The molecule has 0 spiro atoms. The van der Waals surface area contributed by atoms with Crippen molar-refractivity contribution in [2.24, 2.45) is 0 Å². The number of benzene rings is 2. The lowest BCUT2D eigenvalue weighted by Crippen LogP contribution is -1.96. The number of halogens is 3. The number of hydrogen-bond donors (Lipinski definition) is 1. The van der Waals surface area contributed by atoms with Crippen LogP contribution in [0, 0.1) is 5.82 Å². The van der Waals surface area contributed by atoms with Crippen LogP contribution in [0.25, 0.3) is 11.1 Å². The van der Waals surface area contributed by atoms with Gasteiger partial charge in [0.15, 0.2) is 11.1 Å². The van der Waals surface area contributed by atoms with Gasteiger partial charge < -0.3 is 4.55 Å². The van der Waals surface area contributed by atoms with E-state index in [2.05, 4.69) is 0 Å². The standard InChI is InChI=1S/C12H7Cl2FO2S/c13-7-4-5-8(10(14)6-7)9-2-1-3-11(12(9)15)18(16)17/h1-6H,(H,16,17). The Labute approximate surface area is 116 Å². The van der Waals surface area contributed by atoms with Crippen molar-refractivity contribution in [3.8, 4) is 11.1 Å². The van der Waals surface area contributed by atoms with E-state index >= 15 is 0 Å². The van der Waals surface area contributed by atoms with E-state index in [0.717, 1.165) is 0 Å². The van der Waals surface area contributed by atoms with E-state index in [1.165, 1.54) is 24.3 Å². The van der Waals surface area contributed by atoms with Crippen molar-refractivity contribution in [2.75, 3.05) is 0 Å². The van der Waals surface area contributed by atoms with Crippen LogP contribution in [0.4, 0.5) is 4.39 Å². The van der Waals surface area contributed by atoms with Gasteiger partial charge >= 0.3 is 0 Å². The van der Waals surface area contributed by atoms with Crippen molar-refractivity contribution in [3.05, 3.63) is 52.3 Å². The third-order valence-corrected chi connectivity index (χ3v) is 3.61. The molecule has 0 bridgehead atoms. The molecule has 0 radical (unpaired) electrons. The molecule has 18 heavy (non-hydrogen) atoms. The zero-order valence-electron chi connectivity index (χ0n) is 8.86. The molecule has 0 fully saturated rings. The van der Waals surface area contributed by atoms with Crippen LogP contribution in [0.3, 0.4) is 0 Å². The summed E-state index contributed by atoms with van der Waals surface area (Å²) in [5, 5.41) is 0.716. The fourth-order valence-corrected chi connectivity index (χ4v) is 2.53. The Kier molecular flexibility index (Phi) is 4.02. The van der Waals surface area contributed by atoms with Crippen LogP contribution in [0.5, 0.6) is 0 Å². The van der Waals surface area contributed by atoms with Crippen LogP contribution in [-0.2, 0) is 11.1 Å². The highest BCUT2D eigenvalue weighted by Crippen LogP contribution is 2.33. The van der Waals surface area contributed by atoms with E-state index in [1.807, 2.05) is 0 Å². The predicted molar refractivity (Wildman–Crippen MR) is 70.9 cm³/mol. The molecule has 0 aromatic heterocycles. The summed E-state index contributed by atoms with van der Waals surface area (Å²) in [5.41, 5.74) is 0.586. The van der Waals surface area contributed by atoms with E-state index in [1.54, 1.807) is 12.1 Å². The molecule has 1 unspecified atom stereocenters. The Bertz CT molecular complexity index is 631. The monoisotopic (exact) mass is 304 g/mol. The number of hydrogen-bond acceptors (Lipinski definition) is 1. The molecule has 0 aliphatic heterocycles. The van der Waals surface area contributed by atoms with Crippen LogP contribution >= 0.6 is 23.2 Å². The first-order valence-corrected chi connectivity index (χ1v) is 6.72. The highest BCUT2D eigenvalue weighted by molar-refractivity contribution is 7.79. The second-order valence-corrected chi connectivity index (χ2v) is 5.27. The van der Waals surface area contributed by atoms with Crippen LogP contribution in [0.15, 0.2) is 41.3 Å². The molecular formula is C12H7Cl2FO2S. The second-order valence-electron chi connectivity index (χ2n) is 3.49. The Morgan fingerprint density at radius 2 is 1.83 bits per heavy atom. The van der Waals surface area contributed by atoms with Gasteiger partial charge in [-0.2, -0.15) is 0 Å². The van der Waals surface area contributed by atoms with Gasteiger partial charge in [-0.25, -0.2) is 8.60 Å². The topological polar surface area (TPSA) is 37.3 Å². The van der Waals surface area contributed by atoms with E-state index in [9.17, 15) is 8.60 Å². The molecule has 0 aliphatic rings. The minimum atomic E-state index is -2.38. The molecule has 2 rings (SSSR count). The van der Waals surface area contributed by atoms with Gasteiger partial charge in [-0.3, -0.25) is 0 Å². The lowest BCUT2D eigenvalue weighted by Gasteiger charge is -2.08. The summed E-state index contributed by atoms with van der Waals surface area (Å²) in [5.74, 6) is -0.762. The Balaban J connectivity index is 2.64. The third-order valence-electron chi connectivity index (χ3n) is 2.37. The summed E-state index contributed by atoms with van der Waals surface area (Å²) >= 11 is 9.36. The maximum absolute atomic E-state index is 14.0. The summed E-state index contributed by atoms with van der Waals surface area (Å²) in [6.45, 7) is 0. The smallest absolute Gasteiger partial charge is 0.189 e. The zero-order valence-corrected chi connectivity index (χ0v) is 11.2. The highest BCUT2D eigenvalue weighted by Gasteiger charge is 2.15. The summed E-state index contributed by atoms with van der Waals surface area (Å²) in [6.07, 6.45) is 0. The van der Waals surface area contributed by atoms with Crippen molar-refractivity contribution in [1.29, 1.82) is 0 Å². The van der Waals surface area contributed by atoms with Crippen molar-refractivity contribution in [1.82, 2.24) is 0 Å². The number of rotatable bonds is 2. The minimum absolute atomic E-state index is 0.163. The van der Waals surface area contributed by atoms with E-state index < -0.39 is 16.9 Å². The first kappa shape index (κ1) is 13.5. The molecule has 2 aromatic carbocycles. The molecular weight excluding hydrogens is 298 g/mol. The lowest BCUT2D eigenvalue weighted by molar-refractivity contribution is 0.545. The van der Waals surface area contributed by atoms with Gasteiger partial charge in [-0.05, 0) is 18.2 Å². The fraction of sp³-hybridized carbons (Fsp3) is 0. The van der Waals surface area contributed by atoms with E-state index in [0.29, 0.717) is 10.6 Å². The van der Waals surface area contributed by atoms with Crippen molar-refractivity contribution >= 4 is 34.3 Å². The summed E-state index contributed by atoms with van der Waals surface area (Å²) in [4.78, 5) is -0.279. The van der Waals surface area contributed by atoms with Gasteiger partial charge in [0.05, 0.1) is 0 Å². The average molecular weight is 305 g/mol. The lowest BCUT2D eigenvalue weighted by atomic mass is 10.1. The molecule has 6 heteroatoms. The fourth-order valence-electron chi connectivity index (χ4n) is 1.56. The van der Waals surface area contributed by atoms with E-state index in [4.69, 9.17) is 27.8 Å². The first-order valence-electron chi connectivity index (χ1n) is 4.85. The molecule has 2 aromatic rings.